The Balaban J connectivity index is 1.78. The molecule has 0 bridgehead atoms. The molecule has 1 N–H and O–H groups in total. The SMILES string of the molecule is CC(C)(c1ccc(Cl)cc1)c1nnc(NC2CCCC2)o1. The summed E-state index contributed by atoms with van der Waals surface area (Å²) in [4.78, 5) is 0. The Morgan fingerprint density at radius 1 is 1.14 bits per heavy atom. The number of rotatable bonds is 4. The molecule has 0 radical (unpaired) electrons. The van der Waals surface area contributed by atoms with Gasteiger partial charge in [-0.1, -0.05) is 41.7 Å². The minimum Gasteiger partial charge on any atom is -0.407 e. The van der Waals surface area contributed by atoms with Crippen molar-refractivity contribution >= 4 is 17.6 Å². The molecule has 4 nitrogen and oxygen atoms in total. The van der Waals surface area contributed by atoms with Gasteiger partial charge in [-0.2, -0.15) is 0 Å². The molecule has 0 atom stereocenters. The summed E-state index contributed by atoms with van der Waals surface area (Å²) in [6.45, 7) is 4.15. The van der Waals surface area contributed by atoms with Gasteiger partial charge in [0, 0.05) is 11.1 Å². The van der Waals surface area contributed by atoms with Gasteiger partial charge in [0.25, 0.3) is 0 Å². The van der Waals surface area contributed by atoms with Gasteiger partial charge in [-0.25, -0.2) is 0 Å². The molecule has 21 heavy (non-hydrogen) atoms. The largest absolute Gasteiger partial charge is 0.407 e. The van der Waals surface area contributed by atoms with E-state index in [0.717, 1.165) is 10.6 Å². The van der Waals surface area contributed by atoms with E-state index in [1.54, 1.807) is 0 Å². The lowest BCUT2D eigenvalue weighted by atomic mass is 9.85. The third-order valence-corrected chi connectivity index (χ3v) is 4.46. The summed E-state index contributed by atoms with van der Waals surface area (Å²) in [5.41, 5.74) is 0.760. The Bertz CT molecular complexity index is 600. The fourth-order valence-electron chi connectivity index (χ4n) is 2.77. The van der Waals surface area contributed by atoms with Crippen molar-refractivity contribution in [1.82, 2.24) is 10.2 Å². The molecule has 5 heteroatoms. The molecule has 1 aliphatic rings. The van der Waals surface area contributed by atoms with Crippen LogP contribution in [0.1, 0.15) is 51.0 Å². The van der Waals surface area contributed by atoms with E-state index >= 15 is 0 Å². The highest BCUT2D eigenvalue weighted by Crippen LogP contribution is 2.32. The first kappa shape index (κ1) is 14.4. The zero-order chi connectivity index (χ0) is 14.9. The highest BCUT2D eigenvalue weighted by atomic mass is 35.5. The van der Waals surface area contributed by atoms with Crippen LogP contribution in [0, 0.1) is 0 Å². The van der Waals surface area contributed by atoms with E-state index in [-0.39, 0.29) is 5.41 Å². The molecule has 1 fully saturated rings. The van der Waals surface area contributed by atoms with Crippen molar-refractivity contribution in [3.63, 3.8) is 0 Å². The van der Waals surface area contributed by atoms with Crippen LogP contribution in [0.3, 0.4) is 0 Å². The van der Waals surface area contributed by atoms with Crippen LogP contribution in [0.4, 0.5) is 6.01 Å². The van der Waals surface area contributed by atoms with E-state index in [2.05, 4.69) is 29.4 Å². The van der Waals surface area contributed by atoms with E-state index < -0.39 is 0 Å². The topological polar surface area (TPSA) is 51.0 Å². The number of nitrogens with zero attached hydrogens (tertiary/aromatic N) is 2. The Hall–Kier alpha value is -1.55. The first-order valence-electron chi connectivity index (χ1n) is 7.42. The third kappa shape index (κ3) is 3.05. The van der Waals surface area contributed by atoms with Gasteiger partial charge in [-0.3, -0.25) is 0 Å². The molecule has 0 saturated heterocycles. The monoisotopic (exact) mass is 305 g/mol. The van der Waals surface area contributed by atoms with Crippen LogP contribution in [-0.2, 0) is 5.41 Å². The lowest BCUT2D eigenvalue weighted by Crippen LogP contribution is -2.19. The number of nitrogens with one attached hydrogen (secondary N) is 1. The van der Waals surface area contributed by atoms with Gasteiger partial charge in [0.2, 0.25) is 5.89 Å². The molecular formula is C16H20ClN3O. The van der Waals surface area contributed by atoms with Crippen molar-refractivity contribution < 1.29 is 4.42 Å². The minimum atomic E-state index is -0.340. The maximum absolute atomic E-state index is 5.95. The number of benzene rings is 1. The van der Waals surface area contributed by atoms with E-state index in [1.807, 2.05) is 24.3 Å². The van der Waals surface area contributed by atoms with Crippen LogP contribution < -0.4 is 5.32 Å². The van der Waals surface area contributed by atoms with Crippen molar-refractivity contribution in [3.8, 4) is 0 Å². The molecular weight excluding hydrogens is 286 g/mol. The maximum Gasteiger partial charge on any atom is 0.315 e. The molecule has 112 valence electrons. The molecule has 3 rings (SSSR count). The van der Waals surface area contributed by atoms with E-state index in [9.17, 15) is 0 Å². The summed E-state index contributed by atoms with van der Waals surface area (Å²) in [6.07, 6.45) is 4.90. The van der Waals surface area contributed by atoms with Crippen LogP contribution in [0.2, 0.25) is 5.02 Å². The average molecular weight is 306 g/mol. The zero-order valence-electron chi connectivity index (χ0n) is 12.4. The van der Waals surface area contributed by atoms with Gasteiger partial charge in [-0.15, -0.1) is 5.10 Å². The predicted octanol–water partition coefficient (Wildman–Crippen LogP) is 4.40. The second kappa shape index (κ2) is 5.68. The van der Waals surface area contributed by atoms with Gasteiger partial charge in [0.1, 0.15) is 0 Å². The quantitative estimate of drug-likeness (QED) is 0.909. The number of anilines is 1. The molecule has 0 spiro atoms. The zero-order valence-corrected chi connectivity index (χ0v) is 13.2. The molecule has 1 aromatic carbocycles. The summed E-state index contributed by atoms with van der Waals surface area (Å²) < 4.78 is 5.83. The first-order chi connectivity index (χ1) is 10.1. The highest BCUT2D eigenvalue weighted by Gasteiger charge is 2.30. The number of halogens is 1. The van der Waals surface area contributed by atoms with Crippen LogP contribution >= 0.6 is 11.6 Å². The number of hydrogen-bond donors (Lipinski definition) is 1. The Labute approximate surface area is 129 Å². The lowest BCUT2D eigenvalue weighted by molar-refractivity contribution is 0.417. The molecule has 2 aromatic rings. The third-order valence-electron chi connectivity index (χ3n) is 4.21. The van der Waals surface area contributed by atoms with Crippen molar-refractivity contribution in [2.45, 2.75) is 51.0 Å². The molecule has 1 aliphatic carbocycles. The lowest BCUT2D eigenvalue weighted by Gasteiger charge is -2.20. The van der Waals surface area contributed by atoms with Gasteiger partial charge in [0.05, 0.1) is 5.41 Å². The second-order valence-corrected chi connectivity index (χ2v) is 6.61. The smallest absolute Gasteiger partial charge is 0.315 e. The van der Waals surface area contributed by atoms with Gasteiger partial charge >= 0.3 is 6.01 Å². The van der Waals surface area contributed by atoms with Crippen molar-refractivity contribution in [2.75, 3.05) is 5.32 Å². The summed E-state index contributed by atoms with van der Waals surface area (Å²) in [6, 6.07) is 8.75. The molecule has 1 aromatic heterocycles. The fraction of sp³-hybridized carbons (Fsp3) is 0.500. The van der Waals surface area contributed by atoms with Crippen LogP contribution in [-0.4, -0.2) is 16.2 Å². The van der Waals surface area contributed by atoms with Gasteiger partial charge in [-0.05, 0) is 44.4 Å². The normalized spacial score (nSPS) is 16.3. The van der Waals surface area contributed by atoms with E-state index in [0.29, 0.717) is 17.9 Å². The van der Waals surface area contributed by atoms with Gasteiger partial charge in [0.15, 0.2) is 0 Å². The molecule has 1 saturated carbocycles. The molecule has 1 heterocycles. The average Bonchev–Trinajstić information content (AvgIpc) is 3.11. The second-order valence-electron chi connectivity index (χ2n) is 6.17. The van der Waals surface area contributed by atoms with Crippen LogP contribution in [0.25, 0.3) is 0 Å². The maximum atomic E-state index is 5.95. The van der Waals surface area contributed by atoms with E-state index in [1.165, 1.54) is 25.7 Å². The van der Waals surface area contributed by atoms with Crippen LogP contribution in [0.5, 0.6) is 0 Å². The Morgan fingerprint density at radius 3 is 2.48 bits per heavy atom. The first-order valence-corrected chi connectivity index (χ1v) is 7.80. The predicted molar refractivity (Wildman–Crippen MR) is 83.8 cm³/mol. The van der Waals surface area contributed by atoms with Crippen molar-refractivity contribution in [3.05, 3.63) is 40.7 Å². The summed E-state index contributed by atoms with van der Waals surface area (Å²) in [7, 11) is 0. The van der Waals surface area contributed by atoms with Crippen molar-refractivity contribution in [2.24, 2.45) is 0 Å². The molecule has 0 aliphatic heterocycles. The van der Waals surface area contributed by atoms with Crippen LogP contribution in [0.15, 0.2) is 28.7 Å². The number of hydrogen-bond acceptors (Lipinski definition) is 4. The standard InChI is InChI=1S/C16H20ClN3O/c1-16(2,11-7-9-12(17)10-8-11)14-19-20-15(21-14)18-13-5-3-4-6-13/h7-10,13H,3-6H2,1-2H3,(H,18,20). The van der Waals surface area contributed by atoms with E-state index in [4.69, 9.17) is 16.0 Å². The minimum absolute atomic E-state index is 0.340. The Morgan fingerprint density at radius 2 is 1.81 bits per heavy atom. The summed E-state index contributed by atoms with van der Waals surface area (Å²) in [5.74, 6) is 0.616. The Kier molecular flexibility index (Phi) is 3.89. The molecule has 0 amide bonds. The number of aromatic nitrogens is 2. The fourth-order valence-corrected chi connectivity index (χ4v) is 2.89. The van der Waals surface area contributed by atoms with Gasteiger partial charge < -0.3 is 9.73 Å². The molecule has 0 unspecified atom stereocenters. The summed E-state index contributed by atoms with van der Waals surface area (Å²) in [5, 5.41) is 12.4. The van der Waals surface area contributed by atoms with Crippen molar-refractivity contribution in [1.29, 1.82) is 0 Å². The summed E-state index contributed by atoms with van der Waals surface area (Å²) >= 11 is 5.95. The highest BCUT2D eigenvalue weighted by molar-refractivity contribution is 6.30.